The predicted molar refractivity (Wildman–Crippen MR) is 113 cm³/mol. The third kappa shape index (κ3) is 2.61. The summed E-state index contributed by atoms with van der Waals surface area (Å²) in [5.41, 5.74) is 6.44. The first kappa shape index (κ1) is 16.1. The summed E-state index contributed by atoms with van der Waals surface area (Å²) in [5.74, 6) is 0.633. The summed E-state index contributed by atoms with van der Waals surface area (Å²) < 4.78 is 0. The van der Waals surface area contributed by atoms with Crippen molar-refractivity contribution in [1.29, 1.82) is 0 Å². The Hall–Kier alpha value is -3.91. The Morgan fingerprint density at radius 1 is 0.793 bits per heavy atom. The number of pyridine rings is 3. The maximum absolute atomic E-state index is 4.81. The van der Waals surface area contributed by atoms with Gasteiger partial charge in [-0.2, -0.15) is 5.10 Å². The topological polar surface area (TPSA) is 96.0 Å². The molecule has 29 heavy (non-hydrogen) atoms. The zero-order chi connectivity index (χ0) is 19.2. The molecule has 0 atom stereocenters. The van der Waals surface area contributed by atoms with Crippen LogP contribution in [-0.2, 0) is 0 Å². The highest BCUT2D eigenvalue weighted by molar-refractivity contribution is 7.13. The molecule has 0 aliphatic rings. The van der Waals surface area contributed by atoms with Crippen LogP contribution in [0.2, 0.25) is 0 Å². The van der Waals surface area contributed by atoms with Crippen LogP contribution in [0.25, 0.3) is 55.5 Å². The number of imidazole rings is 1. The Labute approximate surface area is 168 Å². The largest absolute Gasteiger partial charge is 0.321 e. The van der Waals surface area contributed by atoms with Gasteiger partial charge in [0.25, 0.3) is 0 Å². The highest BCUT2D eigenvalue weighted by Gasteiger charge is 2.17. The first-order valence-corrected chi connectivity index (χ1v) is 9.90. The minimum Gasteiger partial charge on any atom is -0.321 e. The average Bonchev–Trinajstić information content (AvgIpc) is 3.52. The van der Waals surface area contributed by atoms with Crippen molar-refractivity contribution >= 4 is 33.5 Å². The molecule has 0 amide bonds. The molecule has 0 aliphatic carbocycles. The van der Waals surface area contributed by atoms with Crippen molar-refractivity contribution in [3.05, 3.63) is 66.3 Å². The summed E-state index contributed by atoms with van der Waals surface area (Å²) in [5, 5.41) is 9.56. The molecule has 0 aliphatic heterocycles. The molecule has 138 valence electrons. The number of aromatic amines is 2. The van der Waals surface area contributed by atoms with Crippen LogP contribution in [0.3, 0.4) is 0 Å². The van der Waals surface area contributed by atoms with Crippen molar-refractivity contribution in [2.24, 2.45) is 0 Å². The van der Waals surface area contributed by atoms with Crippen LogP contribution >= 0.6 is 11.3 Å². The Kier molecular flexibility index (Phi) is 3.50. The van der Waals surface area contributed by atoms with Crippen molar-refractivity contribution in [1.82, 2.24) is 35.1 Å². The molecule has 6 rings (SSSR count). The molecule has 0 unspecified atom stereocenters. The Morgan fingerprint density at radius 3 is 2.66 bits per heavy atom. The van der Waals surface area contributed by atoms with Gasteiger partial charge in [-0.25, -0.2) is 15.0 Å². The monoisotopic (exact) mass is 395 g/mol. The standard InChI is InChI=1S/C21H13N7S/c1-2-9-22-13(4-1)14-6-7-15-18(24-14)19(28-27-15)21-25-17-12(16-5-3-11-29-16)8-10-23-20(17)26-21/h1-11H,(H,27,28)(H,23,25,26). The molecule has 6 aromatic heterocycles. The molecule has 0 spiro atoms. The summed E-state index contributed by atoms with van der Waals surface area (Å²) >= 11 is 1.68. The SMILES string of the molecule is c1ccc(-c2ccc3[nH]nc(-c4nc5c(-c6cccs6)ccnc5[nH]4)c3n2)nc1. The summed E-state index contributed by atoms with van der Waals surface area (Å²) in [4.78, 5) is 22.9. The highest BCUT2D eigenvalue weighted by atomic mass is 32.1. The van der Waals surface area contributed by atoms with Crippen LogP contribution in [0.1, 0.15) is 0 Å². The number of nitrogens with one attached hydrogen (secondary N) is 2. The third-order valence-electron chi connectivity index (χ3n) is 4.73. The number of fused-ring (bicyclic) bond motifs is 2. The van der Waals surface area contributed by atoms with Crippen LogP contribution in [0.15, 0.2) is 66.3 Å². The minimum absolute atomic E-state index is 0.633. The molecular weight excluding hydrogens is 382 g/mol. The van der Waals surface area contributed by atoms with Crippen LogP contribution < -0.4 is 0 Å². The lowest BCUT2D eigenvalue weighted by Gasteiger charge is -2.00. The van der Waals surface area contributed by atoms with E-state index in [9.17, 15) is 0 Å². The molecule has 6 aromatic rings. The quantitative estimate of drug-likeness (QED) is 0.453. The smallest absolute Gasteiger partial charge is 0.162 e. The fourth-order valence-electron chi connectivity index (χ4n) is 3.37. The Bertz CT molecular complexity index is 1450. The average molecular weight is 395 g/mol. The molecule has 0 saturated heterocycles. The second-order valence-corrected chi connectivity index (χ2v) is 7.45. The number of H-pyrrole nitrogens is 2. The molecule has 0 aromatic carbocycles. The normalized spacial score (nSPS) is 11.4. The summed E-state index contributed by atoms with van der Waals surface area (Å²) in [6.07, 6.45) is 3.55. The van der Waals surface area contributed by atoms with Gasteiger partial charge in [0, 0.05) is 22.8 Å². The first-order chi connectivity index (χ1) is 14.4. The number of aromatic nitrogens is 7. The second-order valence-electron chi connectivity index (χ2n) is 6.50. The van der Waals surface area contributed by atoms with Crippen molar-refractivity contribution in [2.45, 2.75) is 0 Å². The molecule has 0 bridgehead atoms. The van der Waals surface area contributed by atoms with Gasteiger partial charge in [-0.3, -0.25) is 10.1 Å². The number of rotatable bonds is 3. The Balaban J connectivity index is 1.53. The number of hydrogen-bond donors (Lipinski definition) is 2. The fraction of sp³-hybridized carbons (Fsp3) is 0. The predicted octanol–water partition coefficient (Wildman–Crippen LogP) is 4.69. The van der Waals surface area contributed by atoms with E-state index in [0.717, 1.165) is 44.0 Å². The van der Waals surface area contributed by atoms with E-state index in [1.807, 2.05) is 42.5 Å². The van der Waals surface area contributed by atoms with Gasteiger partial charge in [-0.15, -0.1) is 11.3 Å². The highest BCUT2D eigenvalue weighted by Crippen LogP contribution is 2.32. The van der Waals surface area contributed by atoms with Crippen LogP contribution in [-0.4, -0.2) is 35.1 Å². The molecule has 8 heteroatoms. The summed E-state index contributed by atoms with van der Waals surface area (Å²) in [6.45, 7) is 0. The van der Waals surface area contributed by atoms with E-state index >= 15 is 0 Å². The minimum atomic E-state index is 0.633. The van der Waals surface area contributed by atoms with Gasteiger partial charge in [-0.1, -0.05) is 12.1 Å². The molecule has 7 nitrogen and oxygen atoms in total. The van der Waals surface area contributed by atoms with Gasteiger partial charge < -0.3 is 4.98 Å². The number of nitrogens with zero attached hydrogens (tertiary/aromatic N) is 5. The number of thiophene rings is 1. The van der Waals surface area contributed by atoms with Crippen LogP contribution in [0.4, 0.5) is 0 Å². The summed E-state index contributed by atoms with van der Waals surface area (Å²) in [6, 6.07) is 15.8. The third-order valence-corrected chi connectivity index (χ3v) is 5.63. The van der Waals surface area contributed by atoms with E-state index in [-0.39, 0.29) is 0 Å². The maximum atomic E-state index is 4.81. The lowest BCUT2D eigenvalue weighted by atomic mass is 10.2. The van der Waals surface area contributed by atoms with E-state index in [4.69, 9.17) is 9.97 Å². The second kappa shape index (κ2) is 6.32. The van der Waals surface area contributed by atoms with Crippen LogP contribution in [0, 0.1) is 0 Å². The van der Waals surface area contributed by atoms with Gasteiger partial charge in [0.15, 0.2) is 17.2 Å². The van der Waals surface area contributed by atoms with E-state index in [2.05, 4.69) is 36.6 Å². The van der Waals surface area contributed by atoms with Gasteiger partial charge >= 0.3 is 0 Å². The van der Waals surface area contributed by atoms with Gasteiger partial charge in [0.1, 0.15) is 11.0 Å². The zero-order valence-electron chi connectivity index (χ0n) is 15.0. The number of hydrogen-bond acceptors (Lipinski definition) is 6. The van der Waals surface area contributed by atoms with Crippen molar-refractivity contribution in [3.8, 4) is 33.3 Å². The van der Waals surface area contributed by atoms with Crippen molar-refractivity contribution in [3.63, 3.8) is 0 Å². The maximum Gasteiger partial charge on any atom is 0.162 e. The molecule has 0 fully saturated rings. The molecular formula is C21H13N7S. The van der Waals surface area contributed by atoms with Gasteiger partial charge in [-0.05, 0) is 41.8 Å². The molecule has 0 saturated carbocycles. The molecule has 6 heterocycles. The van der Waals surface area contributed by atoms with Gasteiger partial charge in [0.05, 0.1) is 16.9 Å². The molecule has 0 radical (unpaired) electrons. The van der Waals surface area contributed by atoms with Crippen molar-refractivity contribution in [2.75, 3.05) is 0 Å². The zero-order valence-corrected chi connectivity index (χ0v) is 15.8. The van der Waals surface area contributed by atoms with E-state index < -0.39 is 0 Å². The van der Waals surface area contributed by atoms with Crippen molar-refractivity contribution < 1.29 is 0 Å². The molecule has 2 N–H and O–H groups in total. The Morgan fingerprint density at radius 2 is 1.79 bits per heavy atom. The van der Waals surface area contributed by atoms with E-state index in [1.165, 1.54) is 0 Å². The van der Waals surface area contributed by atoms with Gasteiger partial charge in [0.2, 0.25) is 0 Å². The lowest BCUT2D eigenvalue weighted by Crippen LogP contribution is -1.88. The first-order valence-electron chi connectivity index (χ1n) is 9.02. The lowest BCUT2D eigenvalue weighted by molar-refractivity contribution is 1.10. The summed E-state index contributed by atoms with van der Waals surface area (Å²) in [7, 11) is 0. The van der Waals surface area contributed by atoms with Crippen LogP contribution in [0.5, 0.6) is 0 Å². The van der Waals surface area contributed by atoms with E-state index in [1.54, 1.807) is 23.7 Å². The van der Waals surface area contributed by atoms with E-state index in [0.29, 0.717) is 11.5 Å². The fourth-order valence-corrected chi connectivity index (χ4v) is 4.13.